The van der Waals surface area contributed by atoms with Gasteiger partial charge in [0.15, 0.2) is 0 Å². The first-order chi connectivity index (χ1) is 9.16. The molecule has 0 aliphatic rings. The Bertz CT molecular complexity index is 303. The van der Waals surface area contributed by atoms with E-state index in [0.29, 0.717) is 6.42 Å². The molecule has 3 heteroatoms. The maximum atomic E-state index is 10.3. The quantitative estimate of drug-likeness (QED) is 0.339. The van der Waals surface area contributed by atoms with Gasteiger partial charge in [-0.05, 0) is 32.6 Å². The zero-order valence-corrected chi connectivity index (χ0v) is 11.8. The highest BCUT2D eigenvalue weighted by Crippen LogP contribution is 2.06. The summed E-state index contributed by atoms with van der Waals surface area (Å²) in [6.45, 7) is 1.94. The summed E-state index contributed by atoms with van der Waals surface area (Å²) in [5.74, 6) is -0.707. The number of carbonyl (C=O) groups is 1. The summed E-state index contributed by atoms with van der Waals surface area (Å²) in [5, 5.41) is 18.0. The summed E-state index contributed by atoms with van der Waals surface area (Å²) in [4.78, 5) is 10.3. The number of rotatable bonds is 11. The first-order valence-electron chi connectivity index (χ1n) is 7.01. The highest BCUT2D eigenvalue weighted by atomic mass is 16.4. The number of carboxylic acids is 1. The molecule has 0 aromatic heterocycles. The summed E-state index contributed by atoms with van der Waals surface area (Å²) in [6.07, 6.45) is 17.0. The van der Waals surface area contributed by atoms with Crippen LogP contribution in [-0.2, 0) is 4.79 Å². The van der Waals surface area contributed by atoms with Crippen LogP contribution in [0, 0.1) is 0 Å². The molecular weight excluding hydrogens is 240 g/mol. The molecule has 0 radical (unpaired) electrons. The van der Waals surface area contributed by atoms with Crippen molar-refractivity contribution in [2.24, 2.45) is 0 Å². The number of hydrogen-bond donors (Lipinski definition) is 2. The molecule has 0 heterocycles. The van der Waals surface area contributed by atoms with Crippen molar-refractivity contribution in [3.05, 3.63) is 36.5 Å². The number of aliphatic hydroxyl groups is 1. The Morgan fingerprint density at radius 2 is 1.84 bits per heavy atom. The molecule has 0 rings (SSSR count). The van der Waals surface area contributed by atoms with E-state index in [4.69, 9.17) is 5.11 Å². The van der Waals surface area contributed by atoms with E-state index in [1.165, 1.54) is 0 Å². The lowest BCUT2D eigenvalue weighted by molar-refractivity contribution is -0.137. The Morgan fingerprint density at radius 1 is 1.11 bits per heavy atom. The van der Waals surface area contributed by atoms with Crippen molar-refractivity contribution in [3.8, 4) is 0 Å². The van der Waals surface area contributed by atoms with Crippen LogP contribution in [0.15, 0.2) is 36.5 Å². The molecule has 108 valence electrons. The molecule has 3 nitrogen and oxygen atoms in total. The van der Waals surface area contributed by atoms with Crippen LogP contribution in [0.1, 0.15) is 51.9 Å². The van der Waals surface area contributed by atoms with Gasteiger partial charge in [-0.1, -0.05) is 49.3 Å². The average molecular weight is 266 g/mol. The van der Waals surface area contributed by atoms with Crippen molar-refractivity contribution in [3.63, 3.8) is 0 Å². The van der Waals surface area contributed by atoms with Gasteiger partial charge in [-0.15, -0.1) is 0 Å². The van der Waals surface area contributed by atoms with E-state index < -0.39 is 12.1 Å². The maximum Gasteiger partial charge on any atom is 0.303 e. The van der Waals surface area contributed by atoms with E-state index in [1.807, 2.05) is 31.2 Å². The molecule has 0 aliphatic heterocycles. The lowest BCUT2D eigenvalue weighted by atomic mass is 10.1. The van der Waals surface area contributed by atoms with Crippen molar-refractivity contribution in [2.45, 2.75) is 58.0 Å². The molecule has 0 amide bonds. The van der Waals surface area contributed by atoms with Crippen molar-refractivity contribution < 1.29 is 15.0 Å². The largest absolute Gasteiger partial charge is 0.481 e. The van der Waals surface area contributed by atoms with E-state index in [2.05, 4.69) is 6.08 Å². The maximum absolute atomic E-state index is 10.3. The number of aliphatic hydroxyl groups excluding tert-OH is 1. The first-order valence-corrected chi connectivity index (χ1v) is 7.01. The predicted molar refractivity (Wildman–Crippen MR) is 79.1 cm³/mol. The zero-order chi connectivity index (χ0) is 14.3. The van der Waals surface area contributed by atoms with Crippen LogP contribution in [0.3, 0.4) is 0 Å². The summed E-state index contributed by atoms with van der Waals surface area (Å²) >= 11 is 0. The molecule has 0 aliphatic carbocycles. The number of allylic oxidation sites excluding steroid dienone is 4. The monoisotopic (exact) mass is 266 g/mol. The fourth-order valence-corrected chi connectivity index (χ4v) is 1.61. The van der Waals surface area contributed by atoms with E-state index in [-0.39, 0.29) is 6.42 Å². The van der Waals surface area contributed by atoms with Gasteiger partial charge in [0.25, 0.3) is 0 Å². The van der Waals surface area contributed by atoms with E-state index in [1.54, 1.807) is 6.08 Å². The Kier molecular flexibility index (Phi) is 12.2. The summed E-state index contributed by atoms with van der Waals surface area (Å²) in [6, 6.07) is 0. The Hall–Kier alpha value is -1.35. The second kappa shape index (κ2) is 13.1. The predicted octanol–water partition coefficient (Wildman–Crippen LogP) is 3.85. The van der Waals surface area contributed by atoms with Gasteiger partial charge in [-0.3, -0.25) is 4.79 Å². The highest BCUT2D eigenvalue weighted by molar-refractivity contribution is 5.66. The van der Waals surface area contributed by atoms with Crippen LogP contribution in [0.25, 0.3) is 0 Å². The second-order valence-electron chi connectivity index (χ2n) is 4.53. The molecule has 0 aromatic carbocycles. The molecular formula is C16H26O3. The highest BCUT2D eigenvalue weighted by Gasteiger charge is 1.95. The molecule has 0 bridgehead atoms. The molecule has 0 saturated carbocycles. The third kappa shape index (κ3) is 14.6. The summed E-state index contributed by atoms with van der Waals surface area (Å²) in [7, 11) is 0. The van der Waals surface area contributed by atoms with Gasteiger partial charge in [0.2, 0.25) is 0 Å². The van der Waals surface area contributed by atoms with Gasteiger partial charge >= 0.3 is 5.97 Å². The Balaban J connectivity index is 3.43. The van der Waals surface area contributed by atoms with Crippen LogP contribution < -0.4 is 0 Å². The molecule has 2 N–H and O–H groups in total. The third-order valence-electron chi connectivity index (χ3n) is 2.71. The first kappa shape index (κ1) is 17.6. The fourth-order valence-electron chi connectivity index (χ4n) is 1.61. The topological polar surface area (TPSA) is 57.5 Å². The standard InChI is InChI=1S/C16H26O3/c1-2-3-12-15(17)13-10-8-6-4-5-7-9-11-14-16(18)19/h2-3,6,8,10,13,15,17H,4-5,7,9,11-12,14H2,1H3,(H,18,19). The van der Waals surface area contributed by atoms with E-state index >= 15 is 0 Å². The van der Waals surface area contributed by atoms with Gasteiger partial charge in [0.05, 0.1) is 6.10 Å². The normalized spacial score (nSPS) is 13.8. The van der Waals surface area contributed by atoms with Crippen LogP contribution in [0.2, 0.25) is 0 Å². The van der Waals surface area contributed by atoms with Crippen molar-refractivity contribution in [1.82, 2.24) is 0 Å². The van der Waals surface area contributed by atoms with Gasteiger partial charge in [-0.2, -0.15) is 0 Å². The second-order valence-corrected chi connectivity index (χ2v) is 4.53. The molecule has 0 spiro atoms. The van der Waals surface area contributed by atoms with Gasteiger partial charge < -0.3 is 10.2 Å². The number of carboxylic acid groups (broad SMARTS) is 1. The lowest BCUT2D eigenvalue weighted by Crippen LogP contribution is -1.98. The van der Waals surface area contributed by atoms with Crippen LogP contribution >= 0.6 is 0 Å². The molecule has 0 fully saturated rings. The zero-order valence-electron chi connectivity index (χ0n) is 11.8. The summed E-state index contributed by atoms with van der Waals surface area (Å²) < 4.78 is 0. The SMILES string of the molecule is CC=CCC(O)C=CC=CCCCCCCC(=O)O. The van der Waals surface area contributed by atoms with Crippen molar-refractivity contribution in [2.75, 3.05) is 0 Å². The Labute approximate surface area is 116 Å². The van der Waals surface area contributed by atoms with Crippen molar-refractivity contribution in [1.29, 1.82) is 0 Å². The molecule has 0 aromatic rings. The summed E-state index contributed by atoms with van der Waals surface area (Å²) in [5.41, 5.74) is 0. The molecule has 19 heavy (non-hydrogen) atoms. The van der Waals surface area contributed by atoms with Crippen LogP contribution in [0.5, 0.6) is 0 Å². The van der Waals surface area contributed by atoms with Crippen molar-refractivity contribution >= 4 is 5.97 Å². The van der Waals surface area contributed by atoms with E-state index in [9.17, 15) is 9.90 Å². The van der Waals surface area contributed by atoms with E-state index in [0.717, 1.165) is 32.1 Å². The van der Waals surface area contributed by atoms with Crippen LogP contribution in [-0.4, -0.2) is 22.3 Å². The minimum absolute atomic E-state index is 0.280. The minimum atomic E-state index is -0.707. The average Bonchev–Trinajstić information content (AvgIpc) is 2.38. The molecule has 0 saturated heterocycles. The van der Waals surface area contributed by atoms with Gasteiger partial charge in [-0.25, -0.2) is 0 Å². The van der Waals surface area contributed by atoms with Crippen LogP contribution in [0.4, 0.5) is 0 Å². The molecule has 1 atom stereocenters. The molecule has 1 unspecified atom stereocenters. The number of aliphatic carboxylic acids is 1. The fraction of sp³-hybridized carbons (Fsp3) is 0.562. The third-order valence-corrected chi connectivity index (χ3v) is 2.71. The smallest absolute Gasteiger partial charge is 0.303 e. The van der Waals surface area contributed by atoms with Gasteiger partial charge in [0.1, 0.15) is 0 Å². The Morgan fingerprint density at radius 3 is 2.53 bits per heavy atom. The number of hydrogen-bond acceptors (Lipinski definition) is 2. The van der Waals surface area contributed by atoms with Gasteiger partial charge in [0, 0.05) is 6.42 Å². The lowest BCUT2D eigenvalue weighted by Gasteiger charge is -1.98. The minimum Gasteiger partial charge on any atom is -0.481 e. The number of unbranched alkanes of at least 4 members (excludes halogenated alkanes) is 4.